The number of nitrogen functional groups attached to an aromatic ring is 1. The minimum atomic E-state index is -0.219. The van der Waals surface area contributed by atoms with Gasteiger partial charge in [0, 0.05) is 32.2 Å². The summed E-state index contributed by atoms with van der Waals surface area (Å²) >= 11 is 0. The standard InChI is InChI=1S/C15H20N4O/c1-11(12-5-4-6-13(16)9-12)15(20)19(3)10-14-17-7-8-18(14)2/h4-9,11H,10,16H2,1-3H3. The number of aromatic nitrogens is 2. The lowest BCUT2D eigenvalue weighted by Crippen LogP contribution is -2.31. The van der Waals surface area contributed by atoms with E-state index in [-0.39, 0.29) is 11.8 Å². The molecule has 0 fully saturated rings. The van der Waals surface area contributed by atoms with Crippen LogP contribution in [0.2, 0.25) is 0 Å². The second-order valence-corrected chi connectivity index (χ2v) is 5.04. The molecule has 1 aromatic carbocycles. The third-order valence-electron chi connectivity index (χ3n) is 3.46. The molecule has 0 aliphatic heterocycles. The summed E-state index contributed by atoms with van der Waals surface area (Å²) in [6, 6.07) is 7.45. The fourth-order valence-electron chi connectivity index (χ4n) is 2.14. The van der Waals surface area contributed by atoms with E-state index in [1.54, 1.807) is 18.1 Å². The molecular weight excluding hydrogens is 252 g/mol. The Balaban J connectivity index is 2.08. The van der Waals surface area contributed by atoms with Crippen molar-refractivity contribution in [2.75, 3.05) is 12.8 Å². The van der Waals surface area contributed by atoms with Crippen molar-refractivity contribution in [1.29, 1.82) is 0 Å². The van der Waals surface area contributed by atoms with Gasteiger partial charge in [-0.3, -0.25) is 4.79 Å². The highest BCUT2D eigenvalue weighted by Crippen LogP contribution is 2.20. The molecule has 0 spiro atoms. The van der Waals surface area contributed by atoms with E-state index in [4.69, 9.17) is 5.73 Å². The summed E-state index contributed by atoms with van der Waals surface area (Å²) in [6.45, 7) is 2.39. The number of hydrogen-bond acceptors (Lipinski definition) is 3. The maximum absolute atomic E-state index is 12.4. The number of imidazole rings is 1. The van der Waals surface area contributed by atoms with Gasteiger partial charge in [0.25, 0.3) is 0 Å². The van der Waals surface area contributed by atoms with Crippen LogP contribution >= 0.6 is 0 Å². The third-order valence-corrected chi connectivity index (χ3v) is 3.46. The van der Waals surface area contributed by atoms with Crippen LogP contribution in [0.15, 0.2) is 36.7 Å². The first-order valence-corrected chi connectivity index (χ1v) is 6.55. The Bertz CT molecular complexity index is 605. The Hall–Kier alpha value is -2.30. The van der Waals surface area contributed by atoms with E-state index in [1.165, 1.54) is 0 Å². The van der Waals surface area contributed by atoms with Crippen LogP contribution in [0.5, 0.6) is 0 Å². The number of nitrogens with zero attached hydrogens (tertiary/aromatic N) is 3. The van der Waals surface area contributed by atoms with E-state index in [1.807, 2.05) is 49.0 Å². The van der Waals surface area contributed by atoms with Gasteiger partial charge in [-0.25, -0.2) is 4.98 Å². The Morgan fingerprint density at radius 2 is 2.25 bits per heavy atom. The first-order valence-electron chi connectivity index (χ1n) is 6.55. The number of amides is 1. The summed E-state index contributed by atoms with van der Waals surface area (Å²) in [5.41, 5.74) is 7.37. The maximum atomic E-state index is 12.4. The Morgan fingerprint density at radius 1 is 1.50 bits per heavy atom. The molecule has 1 amide bonds. The van der Waals surface area contributed by atoms with Crippen molar-refractivity contribution < 1.29 is 4.79 Å². The van der Waals surface area contributed by atoms with Crippen molar-refractivity contribution >= 4 is 11.6 Å². The van der Waals surface area contributed by atoms with E-state index in [2.05, 4.69) is 4.98 Å². The molecule has 0 saturated carbocycles. The van der Waals surface area contributed by atoms with Gasteiger partial charge in [0.05, 0.1) is 12.5 Å². The lowest BCUT2D eigenvalue weighted by molar-refractivity contribution is -0.131. The van der Waals surface area contributed by atoms with Crippen LogP contribution in [0.3, 0.4) is 0 Å². The first kappa shape index (κ1) is 14.1. The SMILES string of the molecule is CC(C(=O)N(C)Cc1nccn1C)c1cccc(N)c1. The molecule has 0 radical (unpaired) electrons. The number of aryl methyl sites for hydroxylation is 1. The fourth-order valence-corrected chi connectivity index (χ4v) is 2.14. The molecule has 5 nitrogen and oxygen atoms in total. The number of nitrogens with two attached hydrogens (primary N) is 1. The van der Waals surface area contributed by atoms with Gasteiger partial charge >= 0.3 is 0 Å². The van der Waals surface area contributed by atoms with Crippen LogP contribution in [0.25, 0.3) is 0 Å². The second kappa shape index (κ2) is 5.77. The smallest absolute Gasteiger partial charge is 0.229 e. The van der Waals surface area contributed by atoms with E-state index in [9.17, 15) is 4.79 Å². The summed E-state index contributed by atoms with van der Waals surface area (Å²) in [4.78, 5) is 18.4. The molecule has 106 valence electrons. The van der Waals surface area contributed by atoms with E-state index < -0.39 is 0 Å². The Morgan fingerprint density at radius 3 is 2.85 bits per heavy atom. The molecule has 0 aliphatic carbocycles. The van der Waals surface area contributed by atoms with Crippen molar-refractivity contribution in [3.8, 4) is 0 Å². The van der Waals surface area contributed by atoms with Gasteiger partial charge in [-0.1, -0.05) is 12.1 Å². The molecular formula is C15H20N4O. The van der Waals surface area contributed by atoms with Gasteiger partial charge in [-0.2, -0.15) is 0 Å². The van der Waals surface area contributed by atoms with Crippen molar-refractivity contribution in [2.24, 2.45) is 7.05 Å². The van der Waals surface area contributed by atoms with Crippen LogP contribution in [-0.4, -0.2) is 27.4 Å². The van der Waals surface area contributed by atoms with Gasteiger partial charge < -0.3 is 15.2 Å². The zero-order valence-corrected chi connectivity index (χ0v) is 12.1. The quantitative estimate of drug-likeness (QED) is 0.863. The zero-order chi connectivity index (χ0) is 14.7. The molecule has 0 bridgehead atoms. The predicted molar refractivity (Wildman–Crippen MR) is 79.0 cm³/mol. The molecule has 0 aliphatic rings. The van der Waals surface area contributed by atoms with Crippen molar-refractivity contribution in [3.63, 3.8) is 0 Å². The van der Waals surface area contributed by atoms with E-state index in [0.29, 0.717) is 12.2 Å². The molecule has 2 N–H and O–H groups in total. The number of carbonyl (C=O) groups is 1. The molecule has 1 unspecified atom stereocenters. The summed E-state index contributed by atoms with van der Waals surface area (Å²) in [5.74, 6) is 0.697. The summed E-state index contributed by atoms with van der Waals surface area (Å²) in [5, 5.41) is 0. The van der Waals surface area contributed by atoms with E-state index >= 15 is 0 Å². The molecule has 5 heteroatoms. The minimum absolute atomic E-state index is 0.0543. The van der Waals surface area contributed by atoms with Crippen LogP contribution in [0.1, 0.15) is 24.2 Å². The summed E-state index contributed by atoms with van der Waals surface area (Å²) in [7, 11) is 3.71. The molecule has 2 rings (SSSR count). The van der Waals surface area contributed by atoms with Crippen molar-refractivity contribution in [2.45, 2.75) is 19.4 Å². The fraction of sp³-hybridized carbons (Fsp3) is 0.333. The van der Waals surface area contributed by atoms with Crippen molar-refractivity contribution in [3.05, 3.63) is 48.0 Å². The lowest BCUT2D eigenvalue weighted by atomic mass is 9.99. The largest absolute Gasteiger partial charge is 0.399 e. The Kier molecular flexibility index (Phi) is 4.08. The predicted octanol–water partition coefficient (Wildman–Crippen LogP) is 1.76. The average Bonchev–Trinajstić information content (AvgIpc) is 2.82. The van der Waals surface area contributed by atoms with Gasteiger partial charge in [0.2, 0.25) is 5.91 Å². The topological polar surface area (TPSA) is 64.2 Å². The van der Waals surface area contributed by atoms with Crippen LogP contribution in [-0.2, 0) is 18.4 Å². The summed E-state index contributed by atoms with van der Waals surface area (Å²) < 4.78 is 1.91. The first-order chi connectivity index (χ1) is 9.49. The Labute approximate surface area is 119 Å². The monoisotopic (exact) mass is 272 g/mol. The number of hydrogen-bond donors (Lipinski definition) is 1. The lowest BCUT2D eigenvalue weighted by Gasteiger charge is -2.21. The van der Waals surface area contributed by atoms with E-state index in [0.717, 1.165) is 11.4 Å². The van der Waals surface area contributed by atoms with Gasteiger partial charge in [0.15, 0.2) is 0 Å². The molecule has 1 atom stereocenters. The highest BCUT2D eigenvalue weighted by molar-refractivity contribution is 5.83. The zero-order valence-electron chi connectivity index (χ0n) is 12.1. The van der Waals surface area contributed by atoms with Crippen LogP contribution in [0.4, 0.5) is 5.69 Å². The summed E-state index contributed by atoms with van der Waals surface area (Å²) in [6.07, 6.45) is 3.60. The average molecular weight is 272 g/mol. The molecule has 20 heavy (non-hydrogen) atoms. The highest BCUT2D eigenvalue weighted by Gasteiger charge is 2.20. The minimum Gasteiger partial charge on any atom is -0.399 e. The molecule has 1 heterocycles. The van der Waals surface area contributed by atoms with Crippen molar-refractivity contribution in [1.82, 2.24) is 14.5 Å². The highest BCUT2D eigenvalue weighted by atomic mass is 16.2. The number of rotatable bonds is 4. The third kappa shape index (κ3) is 2.99. The van der Waals surface area contributed by atoms with Gasteiger partial charge in [-0.05, 0) is 24.6 Å². The normalized spacial score (nSPS) is 12.2. The van der Waals surface area contributed by atoms with Crippen LogP contribution < -0.4 is 5.73 Å². The molecule has 0 saturated heterocycles. The number of likely N-dealkylation sites (N-methyl/N-ethyl adjacent to an activating group) is 1. The number of benzene rings is 1. The van der Waals surface area contributed by atoms with Gasteiger partial charge in [-0.15, -0.1) is 0 Å². The van der Waals surface area contributed by atoms with Crippen LogP contribution in [0, 0.1) is 0 Å². The maximum Gasteiger partial charge on any atom is 0.229 e. The van der Waals surface area contributed by atoms with Gasteiger partial charge in [0.1, 0.15) is 5.82 Å². The number of carbonyl (C=O) groups excluding carboxylic acids is 1. The number of anilines is 1. The second-order valence-electron chi connectivity index (χ2n) is 5.04. The molecule has 1 aromatic heterocycles. The molecule has 2 aromatic rings.